The Kier molecular flexibility index (Phi) is 11.1. The van der Waals surface area contributed by atoms with Crippen LogP contribution in [0.3, 0.4) is 0 Å². The Hall–Kier alpha value is -2.44. The number of amides is 2. The van der Waals surface area contributed by atoms with E-state index in [4.69, 9.17) is 15.9 Å². The molecule has 1 aromatic carbocycles. The van der Waals surface area contributed by atoms with E-state index in [1.165, 1.54) is 0 Å². The maximum atomic E-state index is 12.2. The van der Waals surface area contributed by atoms with Gasteiger partial charge in [-0.25, -0.2) is 0 Å². The summed E-state index contributed by atoms with van der Waals surface area (Å²) < 4.78 is 0.826. The largest absolute Gasteiger partial charge is 0.480 e. The first kappa shape index (κ1) is 25.6. The van der Waals surface area contributed by atoms with E-state index in [-0.39, 0.29) is 30.1 Å². The average molecular weight is 504 g/mol. The highest BCUT2D eigenvalue weighted by Crippen LogP contribution is 2.13. The summed E-state index contributed by atoms with van der Waals surface area (Å²) >= 11 is 4.38. The van der Waals surface area contributed by atoms with E-state index in [1.807, 2.05) is 0 Å². The summed E-state index contributed by atoms with van der Waals surface area (Å²) in [5, 5.41) is 22.0. The normalized spacial score (nSPS) is 12.5. The van der Waals surface area contributed by atoms with Crippen molar-refractivity contribution in [1.82, 2.24) is 10.6 Å². The lowest BCUT2D eigenvalue weighted by Crippen LogP contribution is -2.49. The van der Waals surface area contributed by atoms with Crippen molar-refractivity contribution in [2.24, 2.45) is 5.73 Å². The molecule has 1 aromatic rings. The molecule has 1 unspecified atom stereocenters. The Morgan fingerprint density at radius 3 is 2.30 bits per heavy atom. The molecule has 0 aliphatic rings. The van der Waals surface area contributed by atoms with Crippen molar-refractivity contribution in [3.63, 3.8) is 0 Å². The van der Waals surface area contributed by atoms with Gasteiger partial charge in [0, 0.05) is 22.2 Å². The van der Waals surface area contributed by atoms with Gasteiger partial charge in [-0.2, -0.15) is 11.8 Å². The van der Waals surface area contributed by atoms with Crippen molar-refractivity contribution in [3.05, 3.63) is 34.3 Å². The third kappa shape index (κ3) is 9.85. The van der Waals surface area contributed by atoms with Crippen LogP contribution in [0.2, 0.25) is 0 Å². The molecule has 0 saturated heterocycles. The SMILES string of the molecule is N[C@@H](CCC(=O)NC(CSCC(=O)c1ccc(Br)cc1)C(=O)NCC(=O)O)C(=O)O. The van der Waals surface area contributed by atoms with E-state index in [2.05, 4.69) is 26.6 Å². The van der Waals surface area contributed by atoms with Crippen molar-refractivity contribution < 1.29 is 34.2 Å². The number of thioether (sulfide) groups is 1. The molecule has 6 N–H and O–H groups in total. The number of Topliss-reactive ketones (excluding diaryl/α,β-unsaturated/α-hetero) is 1. The second kappa shape index (κ2) is 13.0. The monoisotopic (exact) mass is 503 g/mol. The number of rotatable bonds is 13. The quantitative estimate of drug-likeness (QED) is 0.236. The third-order valence-corrected chi connectivity index (χ3v) is 5.31. The number of ketones is 1. The maximum Gasteiger partial charge on any atom is 0.322 e. The molecule has 0 heterocycles. The summed E-state index contributed by atoms with van der Waals surface area (Å²) in [6, 6.07) is 4.44. The minimum atomic E-state index is -1.25. The van der Waals surface area contributed by atoms with Gasteiger partial charge in [-0.15, -0.1) is 0 Å². The molecular formula is C18H22BrN3O7S. The number of carboxylic acid groups (broad SMARTS) is 2. The lowest BCUT2D eigenvalue weighted by atomic mass is 10.1. The van der Waals surface area contributed by atoms with Crippen LogP contribution in [0.15, 0.2) is 28.7 Å². The van der Waals surface area contributed by atoms with Gasteiger partial charge in [0.25, 0.3) is 0 Å². The Morgan fingerprint density at radius 1 is 1.10 bits per heavy atom. The second-order valence-corrected chi connectivity index (χ2v) is 8.11. The first-order valence-electron chi connectivity index (χ1n) is 8.74. The zero-order valence-corrected chi connectivity index (χ0v) is 18.2. The van der Waals surface area contributed by atoms with E-state index in [0.29, 0.717) is 5.56 Å². The van der Waals surface area contributed by atoms with Gasteiger partial charge in [0.15, 0.2) is 5.78 Å². The molecule has 164 valence electrons. The van der Waals surface area contributed by atoms with Crippen LogP contribution in [0.1, 0.15) is 23.2 Å². The van der Waals surface area contributed by atoms with Crippen molar-refractivity contribution >= 4 is 57.2 Å². The Labute approximate surface area is 185 Å². The number of carbonyl (C=O) groups excluding carboxylic acids is 3. The molecule has 0 radical (unpaired) electrons. The molecule has 2 amide bonds. The minimum Gasteiger partial charge on any atom is -0.480 e. The van der Waals surface area contributed by atoms with E-state index < -0.39 is 42.4 Å². The fourth-order valence-electron chi connectivity index (χ4n) is 2.13. The summed E-state index contributed by atoms with van der Waals surface area (Å²) in [6.07, 6.45) is -0.349. The summed E-state index contributed by atoms with van der Waals surface area (Å²) in [5.74, 6) is -3.94. The molecule has 12 heteroatoms. The van der Waals surface area contributed by atoms with Crippen molar-refractivity contribution in [2.75, 3.05) is 18.1 Å². The van der Waals surface area contributed by atoms with Gasteiger partial charge in [0.2, 0.25) is 11.8 Å². The Morgan fingerprint density at radius 2 is 1.73 bits per heavy atom. The van der Waals surface area contributed by atoms with Crippen molar-refractivity contribution in [3.8, 4) is 0 Å². The zero-order chi connectivity index (χ0) is 22.7. The van der Waals surface area contributed by atoms with Gasteiger partial charge < -0.3 is 26.6 Å². The van der Waals surface area contributed by atoms with Crippen LogP contribution in [0, 0.1) is 0 Å². The summed E-state index contributed by atoms with van der Waals surface area (Å²) in [7, 11) is 0. The van der Waals surface area contributed by atoms with Crippen LogP contribution >= 0.6 is 27.7 Å². The molecule has 0 fully saturated rings. The average Bonchev–Trinajstić information content (AvgIpc) is 2.69. The van der Waals surface area contributed by atoms with E-state index >= 15 is 0 Å². The zero-order valence-electron chi connectivity index (χ0n) is 15.8. The molecule has 0 bridgehead atoms. The lowest BCUT2D eigenvalue weighted by Gasteiger charge is -2.18. The van der Waals surface area contributed by atoms with Gasteiger partial charge in [-0.3, -0.25) is 24.0 Å². The fourth-order valence-corrected chi connectivity index (χ4v) is 3.34. The number of nitrogens with two attached hydrogens (primary N) is 1. The van der Waals surface area contributed by atoms with Crippen LogP contribution in [-0.2, 0) is 19.2 Å². The summed E-state index contributed by atoms with van der Waals surface area (Å²) in [5.41, 5.74) is 5.84. The molecule has 0 spiro atoms. The molecule has 2 atom stereocenters. The number of carbonyl (C=O) groups is 5. The van der Waals surface area contributed by atoms with Crippen LogP contribution in [0.25, 0.3) is 0 Å². The molecular weight excluding hydrogens is 482 g/mol. The van der Waals surface area contributed by atoms with E-state index in [9.17, 15) is 24.0 Å². The second-order valence-electron chi connectivity index (χ2n) is 6.16. The minimum absolute atomic E-state index is 0.0183. The Bertz CT molecular complexity index is 788. The predicted octanol–water partition coefficient (Wildman–Crippen LogP) is 0.243. The van der Waals surface area contributed by atoms with Gasteiger partial charge in [-0.1, -0.05) is 28.1 Å². The van der Waals surface area contributed by atoms with E-state index in [0.717, 1.165) is 16.2 Å². The van der Waals surface area contributed by atoms with Crippen molar-refractivity contribution in [1.29, 1.82) is 0 Å². The highest BCUT2D eigenvalue weighted by atomic mass is 79.9. The number of benzene rings is 1. The fraction of sp³-hybridized carbons (Fsp3) is 0.389. The van der Waals surface area contributed by atoms with Crippen LogP contribution in [-0.4, -0.2) is 69.9 Å². The van der Waals surface area contributed by atoms with E-state index in [1.54, 1.807) is 24.3 Å². The molecule has 0 aliphatic heterocycles. The van der Waals surface area contributed by atoms with Crippen LogP contribution < -0.4 is 16.4 Å². The number of halogens is 1. The van der Waals surface area contributed by atoms with Crippen LogP contribution in [0.5, 0.6) is 0 Å². The predicted molar refractivity (Wildman–Crippen MR) is 113 cm³/mol. The number of aliphatic carboxylic acids is 2. The molecule has 0 aromatic heterocycles. The number of hydrogen-bond acceptors (Lipinski definition) is 7. The van der Waals surface area contributed by atoms with Gasteiger partial charge in [0.1, 0.15) is 18.6 Å². The third-order valence-electron chi connectivity index (χ3n) is 3.75. The summed E-state index contributed by atoms with van der Waals surface area (Å²) in [4.78, 5) is 57.8. The van der Waals surface area contributed by atoms with Crippen LogP contribution in [0.4, 0.5) is 0 Å². The molecule has 1 rings (SSSR count). The molecule has 0 saturated carbocycles. The first-order chi connectivity index (χ1) is 14.1. The number of hydrogen-bond donors (Lipinski definition) is 5. The molecule has 30 heavy (non-hydrogen) atoms. The maximum absolute atomic E-state index is 12.2. The Balaban J connectivity index is 2.63. The molecule has 0 aliphatic carbocycles. The lowest BCUT2D eigenvalue weighted by molar-refractivity contribution is -0.139. The van der Waals surface area contributed by atoms with Crippen molar-refractivity contribution in [2.45, 2.75) is 24.9 Å². The highest BCUT2D eigenvalue weighted by Gasteiger charge is 2.23. The van der Waals surface area contributed by atoms with Gasteiger partial charge in [0.05, 0.1) is 5.75 Å². The number of carboxylic acids is 2. The van der Waals surface area contributed by atoms with Gasteiger partial charge >= 0.3 is 11.9 Å². The highest BCUT2D eigenvalue weighted by molar-refractivity contribution is 9.10. The van der Waals surface area contributed by atoms with Gasteiger partial charge in [-0.05, 0) is 18.6 Å². The molecule has 10 nitrogen and oxygen atoms in total. The summed E-state index contributed by atoms with van der Waals surface area (Å²) in [6.45, 7) is -0.627. The first-order valence-corrected chi connectivity index (χ1v) is 10.7. The topological polar surface area (TPSA) is 176 Å². The smallest absolute Gasteiger partial charge is 0.322 e. The standard InChI is InChI=1S/C18H22BrN3O7S/c19-11-3-1-10(2-4-11)14(23)9-30-8-13(17(27)21-7-16(25)26)22-15(24)6-5-12(20)18(28)29/h1-4,12-13H,5-9,20H2,(H,21,27)(H,22,24)(H,25,26)(H,28,29)/t12-,13?/m0/s1. The number of nitrogens with one attached hydrogen (secondary N) is 2.